The van der Waals surface area contributed by atoms with E-state index < -0.39 is 36.1 Å². The molecule has 0 saturated carbocycles. The molecule has 0 spiro atoms. The lowest BCUT2D eigenvalue weighted by Crippen LogP contribution is -2.31. The third kappa shape index (κ3) is 4.17. The number of halogens is 4. The van der Waals surface area contributed by atoms with Crippen LogP contribution in [0.1, 0.15) is 29.8 Å². The van der Waals surface area contributed by atoms with Crippen LogP contribution in [0.5, 0.6) is 0 Å². The lowest BCUT2D eigenvalue weighted by atomic mass is 9.93. The number of pyridine rings is 1. The number of rotatable bonds is 4. The Morgan fingerprint density at radius 2 is 1.94 bits per heavy atom. The maximum Gasteiger partial charge on any atom is 0.419 e. The minimum absolute atomic E-state index is 0.0879. The van der Waals surface area contributed by atoms with Crippen molar-refractivity contribution in [1.29, 1.82) is 0 Å². The van der Waals surface area contributed by atoms with E-state index in [4.69, 9.17) is 0 Å². The van der Waals surface area contributed by atoms with Crippen LogP contribution in [0.2, 0.25) is 0 Å². The Morgan fingerprint density at radius 1 is 1.14 bits per heavy atom. The van der Waals surface area contributed by atoms with Crippen LogP contribution < -0.4 is 10.6 Å². The van der Waals surface area contributed by atoms with Crippen LogP contribution in [-0.2, 0) is 17.6 Å². The maximum atomic E-state index is 14.5. The van der Waals surface area contributed by atoms with Gasteiger partial charge in [-0.05, 0) is 48.2 Å². The molecule has 1 aliphatic heterocycles. The van der Waals surface area contributed by atoms with Gasteiger partial charge in [-0.1, -0.05) is 12.1 Å². The number of nitrogens with one attached hydrogen (secondary N) is 2. The number of anilines is 2. The van der Waals surface area contributed by atoms with Gasteiger partial charge < -0.3 is 15.7 Å². The first-order chi connectivity index (χ1) is 17.2. The molecule has 1 aliphatic rings. The van der Waals surface area contributed by atoms with E-state index in [1.165, 1.54) is 4.68 Å². The molecule has 1 amide bonds. The average molecular weight is 497 g/mol. The Kier molecular flexibility index (Phi) is 5.71. The molecular weight excluding hydrogens is 478 g/mol. The van der Waals surface area contributed by atoms with E-state index in [1.807, 2.05) is 0 Å². The van der Waals surface area contributed by atoms with Gasteiger partial charge in [0.05, 0.1) is 23.4 Å². The van der Waals surface area contributed by atoms with E-state index in [9.17, 15) is 27.5 Å². The summed E-state index contributed by atoms with van der Waals surface area (Å²) in [4.78, 5) is 17.6. The average Bonchev–Trinajstić information content (AvgIpc) is 3.24. The van der Waals surface area contributed by atoms with Crippen molar-refractivity contribution in [3.8, 4) is 0 Å². The summed E-state index contributed by atoms with van der Waals surface area (Å²) in [6.45, 7) is 1.23. The van der Waals surface area contributed by atoms with Crippen molar-refractivity contribution in [2.24, 2.45) is 0 Å². The second-order valence-electron chi connectivity index (χ2n) is 8.32. The van der Waals surface area contributed by atoms with E-state index in [0.29, 0.717) is 23.3 Å². The zero-order chi connectivity index (χ0) is 25.6. The van der Waals surface area contributed by atoms with Crippen LogP contribution >= 0.6 is 0 Å². The monoisotopic (exact) mass is 497 g/mol. The smallest absolute Gasteiger partial charge is 0.390 e. The molecule has 1 unspecified atom stereocenters. The van der Waals surface area contributed by atoms with Gasteiger partial charge in [-0.2, -0.15) is 18.3 Å². The fourth-order valence-electron chi connectivity index (χ4n) is 4.29. The minimum atomic E-state index is -4.87. The fraction of sp³-hybridized carbons (Fsp3) is 0.160. The Morgan fingerprint density at radius 3 is 2.67 bits per heavy atom. The minimum Gasteiger partial charge on any atom is -0.390 e. The summed E-state index contributed by atoms with van der Waals surface area (Å²) in [5, 5.41) is 21.4. The number of aliphatic hydroxyl groups excluding tert-OH is 1. The molecule has 184 valence electrons. The van der Waals surface area contributed by atoms with E-state index in [1.54, 1.807) is 49.6 Å². The first-order valence-corrected chi connectivity index (χ1v) is 10.8. The first-order valence-electron chi connectivity index (χ1n) is 10.8. The Hall–Kier alpha value is -4.25. The van der Waals surface area contributed by atoms with Gasteiger partial charge in [0.1, 0.15) is 17.7 Å². The van der Waals surface area contributed by atoms with Crippen molar-refractivity contribution in [2.75, 3.05) is 10.6 Å². The number of carbonyl (C=O) groups excluding carboxylic acids is 1. The molecule has 0 fully saturated rings. The number of alkyl halides is 3. The standard InChI is InChI=1S/C25H19F4N5O2/c1-13-22(24(36)32-17-4-2-16-11-30-7-6-14(16)8-17)23(34-21(31-13)10-18(12-35)33-34)15-3-5-19(20(26)9-15)25(27,28)29/h2-11,23,31,35H,12H2,1H3,(H,32,36). The molecule has 3 N–H and O–H groups in total. The summed E-state index contributed by atoms with van der Waals surface area (Å²) in [5.74, 6) is -1.61. The molecule has 7 nitrogen and oxygen atoms in total. The second kappa shape index (κ2) is 8.76. The Bertz CT molecular complexity index is 1530. The van der Waals surface area contributed by atoms with Gasteiger partial charge >= 0.3 is 6.18 Å². The van der Waals surface area contributed by atoms with Crippen molar-refractivity contribution < 1.29 is 27.5 Å². The third-order valence-electron chi connectivity index (χ3n) is 5.94. The van der Waals surface area contributed by atoms with Crippen LogP contribution in [0, 0.1) is 5.82 Å². The summed E-state index contributed by atoms with van der Waals surface area (Å²) in [6.07, 6.45) is -1.56. The van der Waals surface area contributed by atoms with E-state index in [0.717, 1.165) is 22.9 Å². The summed E-state index contributed by atoms with van der Waals surface area (Å²) in [5.41, 5.74) is -0.0332. The summed E-state index contributed by atoms with van der Waals surface area (Å²) >= 11 is 0. The highest BCUT2D eigenvalue weighted by molar-refractivity contribution is 6.06. The number of fused-ring (bicyclic) bond motifs is 2. The predicted octanol–water partition coefficient (Wildman–Crippen LogP) is 5.01. The number of amides is 1. The number of carbonyl (C=O) groups is 1. The van der Waals surface area contributed by atoms with Gasteiger partial charge in [0.25, 0.3) is 5.91 Å². The molecule has 0 saturated heterocycles. The fourth-order valence-corrected chi connectivity index (χ4v) is 4.29. The van der Waals surface area contributed by atoms with E-state index in [2.05, 4.69) is 20.7 Å². The van der Waals surface area contributed by atoms with Crippen LogP contribution in [0.25, 0.3) is 10.8 Å². The molecule has 3 heterocycles. The van der Waals surface area contributed by atoms with Crippen molar-refractivity contribution in [1.82, 2.24) is 14.8 Å². The molecule has 0 aliphatic carbocycles. The molecule has 0 bridgehead atoms. The summed E-state index contributed by atoms with van der Waals surface area (Å²) in [7, 11) is 0. The normalized spacial score (nSPS) is 15.6. The number of aromatic nitrogens is 3. The maximum absolute atomic E-state index is 14.5. The molecule has 1 atom stereocenters. The number of hydrogen-bond donors (Lipinski definition) is 3. The Balaban J connectivity index is 1.58. The quantitative estimate of drug-likeness (QED) is 0.345. The van der Waals surface area contributed by atoms with Crippen LogP contribution in [0.3, 0.4) is 0 Å². The highest BCUT2D eigenvalue weighted by atomic mass is 19.4. The number of hydrogen-bond acceptors (Lipinski definition) is 5. The molecule has 2 aromatic carbocycles. The SMILES string of the molecule is CC1=C(C(=O)Nc2ccc3cnccc3c2)C(c2ccc(C(F)(F)F)c(F)c2)n2nc(CO)cc2N1. The van der Waals surface area contributed by atoms with E-state index >= 15 is 0 Å². The molecule has 2 aromatic heterocycles. The number of nitrogens with zero attached hydrogens (tertiary/aromatic N) is 3. The lowest BCUT2D eigenvalue weighted by molar-refractivity contribution is -0.140. The van der Waals surface area contributed by atoms with Gasteiger partial charge in [-0.3, -0.25) is 9.78 Å². The van der Waals surface area contributed by atoms with Gasteiger partial charge in [0, 0.05) is 35.2 Å². The zero-order valence-electron chi connectivity index (χ0n) is 18.8. The van der Waals surface area contributed by atoms with Crippen molar-refractivity contribution in [3.63, 3.8) is 0 Å². The van der Waals surface area contributed by atoms with Crippen LogP contribution in [-0.4, -0.2) is 25.8 Å². The van der Waals surface area contributed by atoms with Crippen molar-refractivity contribution in [3.05, 3.63) is 94.8 Å². The lowest BCUT2D eigenvalue weighted by Gasteiger charge is -2.30. The molecule has 4 aromatic rings. The van der Waals surface area contributed by atoms with Gasteiger partial charge in [-0.25, -0.2) is 9.07 Å². The molecule has 0 radical (unpaired) electrons. The first kappa shape index (κ1) is 23.5. The van der Waals surface area contributed by atoms with E-state index in [-0.39, 0.29) is 16.8 Å². The largest absolute Gasteiger partial charge is 0.419 e. The second-order valence-corrected chi connectivity index (χ2v) is 8.32. The molecular formula is C25H19F4N5O2. The van der Waals surface area contributed by atoms with Crippen LogP contribution in [0.4, 0.5) is 29.1 Å². The zero-order valence-corrected chi connectivity index (χ0v) is 18.8. The molecule has 5 rings (SSSR count). The Labute approximate surface area is 202 Å². The topological polar surface area (TPSA) is 92.1 Å². The summed E-state index contributed by atoms with van der Waals surface area (Å²) in [6, 6.07) is 10.1. The molecule has 36 heavy (non-hydrogen) atoms. The number of allylic oxidation sites excluding steroid dienone is 1. The molecule has 11 heteroatoms. The highest BCUT2D eigenvalue weighted by Gasteiger charge is 2.37. The number of benzene rings is 2. The predicted molar refractivity (Wildman–Crippen MR) is 124 cm³/mol. The number of aliphatic hydroxyl groups is 1. The van der Waals surface area contributed by atoms with Crippen molar-refractivity contribution in [2.45, 2.75) is 25.7 Å². The van der Waals surface area contributed by atoms with Gasteiger partial charge in [0.2, 0.25) is 0 Å². The van der Waals surface area contributed by atoms with Gasteiger partial charge in [-0.15, -0.1) is 0 Å². The van der Waals surface area contributed by atoms with Crippen molar-refractivity contribution >= 4 is 28.2 Å². The van der Waals surface area contributed by atoms with Crippen LogP contribution in [0.15, 0.2) is 72.2 Å². The van der Waals surface area contributed by atoms with Gasteiger partial charge in [0.15, 0.2) is 0 Å². The summed E-state index contributed by atoms with van der Waals surface area (Å²) < 4.78 is 55.4. The third-order valence-corrected chi connectivity index (χ3v) is 5.94. The highest BCUT2D eigenvalue weighted by Crippen LogP contribution is 2.39.